The third kappa shape index (κ3) is 3.63. The van der Waals surface area contributed by atoms with Gasteiger partial charge in [0.2, 0.25) is 5.43 Å². The van der Waals surface area contributed by atoms with Crippen molar-refractivity contribution in [2.75, 3.05) is 24.9 Å². The zero-order valence-electron chi connectivity index (χ0n) is 18.8. The average molecular weight is 492 g/mol. The lowest BCUT2D eigenvalue weighted by Gasteiger charge is -2.46. The maximum atomic E-state index is 14.0. The van der Waals surface area contributed by atoms with Crippen LogP contribution in [0.1, 0.15) is 52.6 Å². The normalized spacial score (nSPS) is 23.4. The van der Waals surface area contributed by atoms with Crippen LogP contribution in [0.4, 0.5) is 13.2 Å². The molecule has 2 atom stereocenters. The Balaban J connectivity index is 1.54. The number of benzene rings is 1. The summed E-state index contributed by atoms with van der Waals surface area (Å²) >= 11 is 0. The third-order valence-corrected chi connectivity index (χ3v) is 7.14. The third-order valence-electron chi connectivity index (χ3n) is 7.14. The minimum Gasteiger partial charge on any atom is -0.502 e. The van der Waals surface area contributed by atoms with Gasteiger partial charge in [0.15, 0.2) is 11.4 Å². The summed E-state index contributed by atoms with van der Waals surface area (Å²) in [5.41, 5.74) is -2.95. The SMILES string of the molecule is C[C@H]1CCC2(CCOC2)N2CN1C(=O)c1c(O)c(=O)c(C(=O)NCc3c(F)cc(F)cc3F)cn12. The van der Waals surface area contributed by atoms with Gasteiger partial charge < -0.3 is 20.1 Å². The predicted octanol–water partition coefficient (Wildman–Crippen LogP) is 1.59. The number of carbonyl (C=O) groups is 2. The number of halogens is 3. The highest BCUT2D eigenvalue weighted by Crippen LogP contribution is 2.38. The first-order valence-electron chi connectivity index (χ1n) is 11.2. The van der Waals surface area contributed by atoms with E-state index in [2.05, 4.69) is 5.32 Å². The Kier molecular flexibility index (Phi) is 5.50. The van der Waals surface area contributed by atoms with Gasteiger partial charge in [0.25, 0.3) is 11.8 Å². The lowest BCUT2D eigenvalue weighted by atomic mass is 9.91. The molecule has 186 valence electrons. The van der Waals surface area contributed by atoms with Gasteiger partial charge in [0.05, 0.1) is 12.1 Å². The highest BCUT2D eigenvalue weighted by atomic mass is 19.1. The maximum Gasteiger partial charge on any atom is 0.278 e. The molecular formula is C23H23F3N4O5. The lowest BCUT2D eigenvalue weighted by molar-refractivity contribution is 0.0611. The average Bonchev–Trinajstić information content (AvgIpc) is 3.24. The standard InChI is InChI=1S/C23H23F3N4O5/c1-12-2-3-23(4-5-35-10-23)30-11-28(12)22(34)18-20(32)19(31)15(9-29(18)30)21(33)27-8-14-16(25)6-13(24)7-17(14)26/h6-7,9,12,32H,2-5,8,10-11H2,1H3,(H,27,33)/t12-,23?/m0/s1. The van der Waals surface area contributed by atoms with E-state index in [0.29, 0.717) is 44.6 Å². The number of nitrogens with zero attached hydrogens (tertiary/aromatic N) is 3. The van der Waals surface area contributed by atoms with Gasteiger partial charge >= 0.3 is 0 Å². The summed E-state index contributed by atoms with van der Waals surface area (Å²) in [5, 5.41) is 14.8. The first-order chi connectivity index (χ1) is 16.6. The van der Waals surface area contributed by atoms with E-state index in [1.807, 2.05) is 11.9 Å². The molecule has 2 amide bonds. The number of aromatic nitrogens is 1. The summed E-state index contributed by atoms with van der Waals surface area (Å²) in [7, 11) is 0. The molecule has 2 aromatic rings. The number of pyridine rings is 1. The highest BCUT2D eigenvalue weighted by Gasteiger charge is 2.49. The van der Waals surface area contributed by atoms with Gasteiger partial charge in [-0.2, -0.15) is 0 Å². The lowest BCUT2D eigenvalue weighted by Crippen LogP contribution is -2.63. The number of nitrogens with one attached hydrogen (secondary N) is 1. The fourth-order valence-electron chi connectivity index (χ4n) is 5.04. The van der Waals surface area contributed by atoms with E-state index in [1.54, 1.807) is 4.90 Å². The monoisotopic (exact) mass is 492 g/mol. The molecule has 1 spiro atoms. The van der Waals surface area contributed by atoms with E-state index in [1.165, 1.54) is 4.68 Å². The van der Waals surface area contributed by atoms with Crippen LogP contribution in [-0.4, -0.2) is 58.0 Å². The van der Waals surface area contributed by atoms with Crippen molar-refractivity contribution < 1.29 is 32.6 Å². The first kappa shape index (κ1) is 23.2. The van der Waals surface area contributed by atoms with Crippen molar-refractivity contribution in [1.29, 1.82) is 0 Å². The second-order valence-electron chi connectivity index (χ2n) is 9.17. The van der Waals surface area contributed by atoms with Crippen molar-refractivity contribution in [2.45, 2.75) is 44.3 Å². The molecule has 2 fully saturated rings. The number of fused-ring (bicyclic) bond motifs is 5. The van der Waals surface area contributed by atoms with Gasteiger partial charge in [-0.15, -0.1) is 0 Å². The Morgan fingerprint density at radius 1 is 1.23 bits per heavy atom. The van der Waals surface area contributed by atoms with Crippen molar-refractivity contribution in [3.8, 4) is 5.75 Å². The van der Waals surface area contributed by atoms with Crippen LogP contribution in [0.3, 0.4) is 0 Å². The van der Waals surface area contributed by atoms with Crippen LogP contribution in [0.5, 0.6) is 5.75 Å². The van der Waals surface area contributed by atoms with Gasteiger partial charge in [0, 0.05) is 43.1 Å². The summed E-state index contributed by atoms with van der Waals surface area (Å²) in [4.78, 5) is 40.5. The van der Waals surface area contributed by atoms with Gasteiger partial charge in [-0.25, -0.2) is 13.2 Å². The molecule has 4 heterocycles. The van der Waals surface area contributed by atoms with Crippen LogP contribution in [0.2, 0.25) is 0 Å². The molecule has 35 heavy (non-hydrogen) atoms. The minimum atomic E-state index is -1.19. The molecule has 5 rings (SSSR count). The van der Waals surface area contributed by atoms with Gasteiger partial charge in [-0.3, -0.25) is 24.1 Å². The Bertz CT molecular complexity index is 1270. The summed E-state index contributed by atoms with van der Waals surface area (Å²) in [5.74, 6) is -5.94. The topological polar surface area (TPSA) is 104 Å². The van der Waals surface area contributed by atoms with Crippen LogP contribution in [0.25, 0.3) is 0 Å². The fraction of sp³-hybridized carbons (Fsp3) is 0.435. The van der Waals surface area contributed by atoms with Crippen LogP contribution in [-0.2, 0) is 11.3 Å². The number of hydrogen-bond donors (Lipinski definition) is 2. The smallest absolute Gasteiger partial charge is 0.278 e. The minimum absolute atomic E-state index is 0.142. The molecule has 0 aliphatic carbocycles. The number of rotatable bonds is 3. The molecule has 0 saturated carbocycles. The molecule has 9 nitrogen and oxygen atoms in total. The van der Waals surface area contributed by atoms with Gasteiger partial charge in [-0.05, 0) is 26.2 Å². The van der Waals surface area contributed by atoms with Crippen molar-refractivity contribution in [1.82, 2.24) is 14.9 Å². The molecule has 1 unspecified atom stereocenters. The van der Waals surface area contributed by atoms with Crippen molar-refractivity contribution >= 4 is 11.8 Å². The van der Waals surface area contributed by atoms with E-state index >= 15 is 0 Å². The first-order valence-corrected chi connectivity index (χ1v) is 11.2. The Morgan fingerprint density at radius 2 is 1.94 bits per heavy atom. The Morgan fingerprint density at radius 3 is 2.60 bits per heavy atom. The summed E-state index contributed by atoms with van der Waals surface area (Å²) in [6.45, 7) is 2.28. The molecule has 2 saturated heterocycles. The van der Waals surface area contributed by atoms with Crippen LogP contribution < -0.4 is 15.8 Å². The second-order valence-corrected chi connectivity index (χ2v) is 9.17. The van der Waals surface area contributed by atoms with E-state index in [-0.39, 0.29) is 18.4 Å². The van der Waals surface area contributed by atoms with Crippen molar-refractivity contribution in [3.63, 3.8) is 0 Å². The molecule has 2 bridgehead atoms. The van der Waals surface area contributed by atoms with Crippen molar-refractivity contribution in [2.24, 2.45) is 0 Å². The number of carbonyl (C=O) groups excluding carboxylic acids is 2. The van der Waals surface area contributed by atoms with Crippen LogP contribution in [0, 0.1) is 17.5 Å². The van der Waals surface area contributed by atoms with E-state index in [0.717, 1.165) is 6.20 Å². The van der Waals surface area contributed by atoms with Crippen molar-refractivity contribution in [3.05, 3.63) is 62.8 Å². The molecule has 1 aromatic heterocycles. The van der Waals surface area contributed by atoms with E-state index < -0.39 is 63.7 Å². The largest absolute Gasteiger partial charge is 0.502 e. The summed E-state index contributed by atoms with van der Waals surface area (Å²) in [6.07, 6.45) is 3.19. The number of amides is 2. The number of aromatic hydroxyl groups is 1. The van der Waals surface area contributed by atoms with Gasteiger partial charge in [-0.1, -0.05) is 0 Å². The van der Waals surface area contributed by atoms with Crippen LogP contribution in [0.15, 0.2) is 23.1 Å². The molecule has 3 aliphatic rings. The predicted molar refractivity (Wildman–Crippen MR) is 116 cm³/mol. The molecule has 1 aromatic carbocycles. The fourth-order valence-corrected chi connectivity index (χ4v) is 5.04. The highest BCUT2D eigenvalue weighted by molar-refractivity contribution is 5.99. The molecular weight excluding hydrogens is 469 g/mol. The molecule has 12 heteroatoms. The zero-order chi connectivity index (χ0) is 25.1. The Labute approximate surface area is 197 Å². The van der Waals surface area contributed by atoms with Crippen LogP contribution >= 0.6 is 0 Å². The molecule has 0 radical (unpaired) electrons. The van der Waals surface area contributed by atoms with Gasteiger partial charge in [0.1, 0.15) is 29.7 Å². The zero-order valence-corrected chi connectivity index (χ0v) is 18.8. The quantitative estimate of drug-likeness (QED) is 0.675. The van der Waals surface area contributed by atoms with E-state index in [9.17, 15) is 32.7 Å². The second kappa shape index (κ2) is 8.29. The molecule has 2 N–H and O–H groups in total. The number of hydrogen-bond acceptors (Lipinski definition) is 6. The van der Waals surface area contributed by atoms with E-state index in [4.69, 9.17) is 4.74 Å². The molecule has 3 aliphatic heterocycles. The number of ether oxygens (including phenoxy) is 1. The summed E-state index contributed by atoms with van der Waals surface area (Å²) < 4.78 is 48.1. The summed E-state index contributed by atoms with van der Waals surface area (Å²) in [6, 6.07) is 0.812. The maximum absolute atomic E-state index is 14.0. The Hall–Kier alpha value is -3.54.